The molecule has 0 unspecified atom stereocenters. The third-order valence-electron chi connectivity index (χ3n) is 3.03. The van der Waals surface area contributed by atoms with Crippen molar-refractivity contribution in [3.8, 4) is 0 Å². The summed E-state index contributed by atoms with van der Waals surface area (Å²) in [5.74, 6) is 0.437. The number of ether oxygens (including phenoxy) is 1. The van der Waals surface area contributed by atoms with E-state index < -0.39 is 0 Å². The Morgan fingerprint density at radius 2 is 1.95 bits per heavy atom. The van der Waals surface area contributed by atoms with Crippen molar-refractivity contribution in [2.75, 3.05) is 20.2 Å². The first-order chi connectivity index (χ1) is 10.5. The van der Waals surface area contributed by atoms with Crippen molar-refractivity contribution in [2.24, 2.45) is 16.3 Å². The second kappa shape index (κ2) is 9.92. The van der Waals surface area contributed by atoms with Gasteiger partial charge in [0.2, 0.25) is 0 Å². The number of hydrogen-bond donors (Lipinski definition) is 0. The van der Waals surface area contributed by atoms with E-state index in [1.54, 1.807) is 0 Å². The van der Waals surface area contributed by atoms with Crippen molar-refractivity contribution in [1.29, 1.82) is 0 Å². The van der Waals surface area contributed by atoms with Crippen molar-refractivity contribution < 1.29 is 9.53 Å². The first kappa shape index (κ1) is 18.1. The smallest absolute Gasteiger partial charge is 0.305 e. The lowest BCUT2D eigenvalue weighted by molar-refractivity contribution is -0.143. The van der Waals surface area contributed by atoms with E-state index in [-0.39, 0.29) is 5.97 Å². The van der Waals surface area contributed by atoms with Gasteiger partial charge in [0, 0.05) is 20.0 Å². The largest absolute Gasteiger partial charge is 0.466 e. The van der Waals surface area contributed by atoms with Crippen LogP contribution in [0.3, 0.4) is 0 Å². The van der Waals surface area contributed by atoms with Gasteiger partial charge in [0.15, 0.2) is 0 Å². The van der Waals surface area contributed by atoms with Gasteiger partial charge in [0.05, 0.1) is 12.3 Å². The van der Waals surface area contributed by atoms with E-state index >= 15 is 0 Å². The second-order valence-corrected chi connectivity index (χ2v) is 5.75. The van der Waals surface area contributed by atoms with Crippen LogP contribution in [0.5, 0.6) is 0 Å². The molecular weight excluding hydrogens is 278 g/mol. The first-order valence-electron chi connectivity index (χ1n) is 7.88. The predicted molar refractivity (Wildman–Crippen MR) is 88.0 cm³/mol. The van der Waals surface area contributed by atoms with Gasteiger partial charge < -0.3 is 4.74 Å². The molecule has 1 rings (SSSR count). The molecule has 0 saturated carbocycles. The highest BCUT2D eigenvalue weighted by Crippen LogP contribution is 2.15. The summed E-state index contributed by atoms with van der Waals surface area (Å²) in [6, 6.07) is 7.96. The van der Waals surface area contributed by atoms with Gasteiger partial charge in [-0.25, -0.2) is 0 Å². The molecule has 0 radical (unpaired) electrons. The average molecular weight is 305 g/mol. The Bertz CT molecular complexity index is 469. The topological polar surface area (TPSA) is 54.3 Å². The molecule has 0 heterocycles. The third kappa shape index (κ3) is 7.76. The van der Waals surface area contributed by atoms with E-state index in [0.717, 1.165) is 25.1 Å². The van der Waals surface area contributed by atoms with Crippen LogP contribution < -0.4 is 0 Å². The van der Waals surface area contributed by atoms with Gasteiger partial charge in [0.25, 0.3) is 0 Å². The number of rotatable bonds is 9. The molecule has 0 bridgehead atoms. The van der Waals surface area contributed by atoms with E-state index in [2.05, 4.69) is 24.2 Å². The lowest BCUT2D eigenvalue weighted by Gasteiger charge is -2.13. The van der Waals surface area contributed by atoms with Crippen LogP contribution in [0.2, 0.25) is 0 Å². The van der Waals surface area contributed by atoms with Crippen LogP contribution in [0.4, 0.5) is 5.69 Å². The highest BCUT2D eigenvalue weighted by Gasteiger charge is 2.02. The summed E-state index contributed by atoms with van der Waals surface area (Å²) < 4.78 is 4.91. The summed E-state index contributed by atoms with van der Waals surface area (Å²) in [5, 5.41) is 10.2. The van der Waals surface area contributed by atoms with Crippen LogP contribution in [0, 0.1) is 5.92 Å². The molecule has 0 aromatic heterocycles. The number of carbonyl (C=O) groups is 1. The molecule has 0 aliphatic carbocycles. The number of carbonyl (C=O) groups excluding carboxylic acids is 1. The van der Waals surface area contributed by atoms with E-state index in [0.29, 0.717) is 18.9 Å². The first-order valence-corrected chi connectivity index (χ1v) is 7.88. The third-order valence-corrected chi connectivity index (χ3v) is 3.03. The van der Waals surface area contributed by atoms with E-state index in [4.69, 9.17) is 4.74 Å². The molecule has 1 aromatic rings. The van der Waals surface area contributed by atoms with Crippen molar-refractivity contribution in [1.82, 2.24) is 5.01 Å². The van der Waals surface area contributed by atoms with Gasteiger partial charge in [0.1, 0.15) is 0 Å². The highest BCUT2D eigenvalue weighted by atomic mass is 16.5. The molecule has 122 valence electrons. The molecule has 0 aliphatic rings. The fourth-order valence-electron chi connectivity index (χ4n) is 2.09. The summed E-state index contributed by atoms with van der Waals surface area (Å²) in [7, 11) is 1.92. The fraction of sp³-hybridized carbons (Fsp3) is 0.588. The Kier molecular flexibility index (Phi) is 8.18. The number of esters is 1. The zero-order valence-electron chi connectivity index (χ0n) is 14.1. The molecule has 0 N–H and O–H groups in total. The molecule has 1 aromatic carbocycles. The molecule has 5 heteroatoms. The van der Waals surface area contributed by atoms with Crippen molar-refractivity contribution >= 4 is 11.7 Å². The van der Waals surface area contributed by atoms with Crippen molar-refractivity contribution in [3.63, 3.8) is 0 Å². The van der Waals surface area contributed by atoms with Crippen LogP contribution >= 0.6 is 0 Å². The molecule has 0 atom stereocenters. The van der Waals surface area contributed by atoms with Gasteiger partial charge in [-0.05, 0) is 43.4 Å². The molecule has 0 amide bonds. The molecule has 5 nitrogen and oxygen atoms in total. The fourth-order valence-corrected chi connectivity index (χ4v) is 2.09. The maximum absolute atomic E-state index is 11.3. The van der Waals surface area contributed by atoms with E-state index in [1.807, 2.05) is 43.2 Å². The normalized spacial score (nSPS) is 11.1. The summed E-state index contributed by atoms with van der Waals surface area (Å²) in [6.07, 6.45) is 2.13. The van der Waals surface area contributed by atoms with Gasteiger partial charge >= 0.3 is 5.97 Å². The van der Waals surface area contributed by atoms with Gasteiger partial charge in [-0.15, -0.1) is 5.11 Å². The molecular formula is C17H27N3O2. The van der Waals surface area contributed by atoms with Crippen molar-refractivity contribution in [3.05, 3.63) is 29.8 Å². The minimum Gasteiger partial charge on any atom is -0.466 e. The van der Waals surface area contributed by atoms with Crippen LogP contribution in [-0.4, -0.2) is 31.2 Å². The minimum absolute atomic E-state index is 0.124. The van der Waals surface area contributed by atoms with Gasteiger partial charge in [-0.2, -0.15) is 0 Å². The van der Waals surface area contributed by atoms with Gasteiger partial charge in [-0.1, -0.05) is 31.2 Å². The zero-order chi connectivity index (χ0) is 16.4. The predicted octanol–water partition coefficient (Wildman–Crippen LogP) is 4.16. The summed E-state index contributed by atoms with van der Waals surface area (Å²) in [5.41, 5.74) is 2.03. The monoisotopic (exact) mass is 305 g/mol. The zero-order valence-corrected chi connectivity index (χ0v) is 14.1. The van der Waals surface area contributed by atoms with Gasteiger partial charge in [-0.3, -0.25) is 9.80 Å². The average Bonchev–Trinajstić information content (AvgIpc) is 2.46. The summed E-state index contributed by atoms with van der Waals surface area (Å²) in [4.78, 5) is 11.3. The van der Waals surface area contributed by atoms with Crippen molar-refractivity contribution in [2.45, 2.75) is 40.0 Å². The Balaban J connectivity index is 2.39. The van der Waals surface area contributed by atoms with E-state index in [9.17, 15) is 4.79 Å². The molecule has 0 saturated heterocycles. The molecule has 0 spiro atoms. The molecule has 0 fully saturated rings. The highest BCUT2D eigenvalue weighted by molar-refractivity contribution is 5.69. The second-order valence-electron chi connectivity index (χ2n) is 5.75. The maximum Gasteiger partial charge on any atom is 0.305 e. The van der Waals surface area contributed by atoms with E-state index in [1.165, 1.54) is 5.56 Å². The molecule has 22 heavy (non-hydrogen) atoms. The Morgan fingerprint density at radius 1 is 1.27 bits per heavy atom. The Morgan fingerprint density at radius 3 is 2.55 bits per heavy atom. The van der Waals surface area contributed by atoms with Crippen LogP contribution in [-0.2, 0) is 16.0 Å². The SMILES string of the molecule is CCOC(=O)CCCc1ccc(N=NN(C)CC(C)C)cc1. The Hall–Kier alpha value is -1.91. The number of hydrogen-bond acceptors (Lipinski definition) is 4. The maximum atomic E-state index is 11.3. The number of aryl methyl sites for hydroxylation is 1. The lowest BCUT2D eigenvalue weighted by Crippen LogP contribution is -2.16. The van der Waals surface area contributed by atoms with Crippen LogP contribution in [0.1, 0.15) is 39.2 Å². The number of benzene rings is 1. The minimum atomic E-state index is -0.124. The van der Waals surface area contributed by atoms with Crippen LogP contribution in [0.25, 0.3) is 0 Å². The Labute approximate surface area is 133 Å². The quantitative estimate of drug-likeness (QED) is 0.391. The summed E-state index contributed by atoms with van der Waals surface area (Å²) in [6.45, 7) is 7.46. The molecule has 0 aliphatic heterocycles. The lowest BCUT2D eigenvalue weighted by atomic mass is 10.1. The van der Waals surface area contributed by atoms with Crippen LogP contribution in [0.15, 0.2) is 34.6 Å². The summed E-state index contributed by atoms with van der Waals surface area (Å²) >= 11 is 0. The standard InChI is InChI=1S/C17H27N3O2/c1-5-22-17(21)8-6-7-15-9-11-16(12-10-15)18-19-20(4)13-14(2)3/h9-12,14H,5-8,13H2,1-4H3. The number of nitrogens with zero attached hydrogens (tertiary/aromatic N) is 3.